The van der Waals surface area contributed by atoms with E-state index >= 15 is 0 Å². The van der Waals surface area contributed by atoms with Crippen molar-refractivity contribution in [3.8, 4) is 0 Å². The monoisotopic (exact) mass is 362 g/mol. The number of Topliss-reactive ketones (excluding diaryl/α,β-unsaturated/α-hetero) is 1. The Morgan fingerprint density at radius 2 is 1.59 bits per heavy atom. The van der Waals surface area contributed by atoms with Crippen molar-refractivity contribution in [3.05, 3.63) is 80.9 Å². The van der Waals surface area contributed by atoms with Gasteiger partial charge in [0.1, 0.15) is 0 Å². The third-order valence-corrected chi connectivity index (χ3v) is 4.65. The first-order valence-corrected chi connectivity index (χ1v) is 8.92. The lowest BCUT2D eigenvalue weighted by Gasteiger charge is -2.17. The Labute approximate surface area is 158 Å². The summed E-state index contributed by atoms with van der Waals surface area (Å²) in [5.74, 6) is 0.0319. The summed E-state index contributed by atoms with van der Waals surface area (Å²) in [6.07, 6.45) is 6.06. The van der Waals surface area contributed by atoms with E-state index in [-0.39, 0.29) is 11.5 Å². The van der Waals surface area contributed by atoms with Crippen LogP contribution in [0.5, 0.6) is 0 Å². The van der Waals surface area contributed by atoms with Crippen LogP contribution in [0.15, 0.2) is 59.7 Å². The van der Waals surface area contributed by atoms with Crippen LogP contribution in [0.1, 0.15) is 30.4 Å². The van der Waals surface area contributed by atoms with Gasteiger partial charge in [-0.3, -0.25) is 14.9 Å². The molecule has 0 N–H and O–H groups in total. The molecule has 3 rings (SSSR count). The summed E-state index contributed by atoms with van der Waals surface area (Å²) in [6.45, 7) is 0. The number of nitro benzene ring substituents is 1. The minimum atomic E-state index is -0.423. The fourth-order valence-electron chi connectivity index (χ4n) is 3.18. The Morgan fingerprint density at radius 3 is 2.19 bits per heavy atom. The van der Waals surface area contributed by atoms with Crippen molar-refractivity contribution in [2.45, 2.75) is 19.3 Å². The molecule has 0 radical (unpaired) electrons. The predicted octanol–water partition coefficient (Wildman–Crippen LogP) is 4.88. The third-order valence-electron chi connectivity index (χ3n) is 4.65. The number of nitrogens with zero attached hydrogens (tertiary/aromatic N) is 2. The molecule has 0 amide bonds. The van der Waals surface area contributed by atoms with Gasteiger partial charge in [0.15, 0.2) is 5.78 Å². The summed E-state index contributed by atoms with van der Waals surface area (Å²) in [7, 11) is 3.98. The lowest BCUT2D eigenvalue weighted by molar-refractivity contribution is -0.384. The normalized spacial score (nSPS) is 17.3. The van der Waals surface area contributed by atoms with Crippen LogP contribution in [-0.2, 0) is 4.79 Å². The van der Waals surface area contributed by atoms with E-state index in [1.165, 1.54) is 12.1 Å². The largest absolute Gasteiger partial charge is 0.378 e. The summed E-state index contributed by atoms with van der Waals surface area (Å²) in [6, 6.07) is 14.4. The van der Waals surface area contributed by atoms with Gasteiger partial charge in [0.05, 0.1) is 4.92 Å². The number of allylic oxidation sites excluding steroid dienone is 2. The molecule has 2 aromatic rings. The fourth-order valence-corrected chi connectivity index (χ4v) is 3.18. The molecular weight excluding hydrogens is 340 g/mol. The standard InChI is InChI=1S/C22H22N2O3/c1-23(2)20-11-9-16(10-12-20)13-18-6-4-7-19(22(18)25)14-17-5-3-8-21(15-17)24(26)27/h3,5,8-15H,4,6-7H2,1-2H3/b18-13+,19-14+. The van der Waals surface area contributed by atoms with Gasteiger partial charge < -0.3 is 4.90 Å². The molecular formula is C22H22N2O3. The van der Waals surface area contributed by atoms with Crippen LogP contribution >= 0.6 is 0 Å². The van der Waals surface area contributed by atoms with Crippen molar-refractivity contribution in [2.24, 2.45) is 0 Å². The van der Waals surface area contributed by atoms with Crippen LogP contribution in [0.2, 0.25) is 0 Å². The molecule has 1 saturated carbocycles. The number of carbonyl (C=O) groups excluding carboxylic acids is 1. The summed E-state index contributed by atoms with van der Waals surface area (Å²) in [5.41, 5.74) is 4.32. The van der Waals surface area contributed by atoms with Gasteiger partial charge in [0.25, 0.3) is 5.69 Å². The summed E-state index contributed by atoms with van der Waals surface area (Å²) in [4.78, 5) is 25.4. The molecule has 138 valence electrons. The molecule has 0 saturated heterocycles. The van der Waals surface area contributed by atoms with Crippen LogP contribution < -0.4 is 4.90 Å². The molecule has 0 unspecified atom stereocenters. The van der Waals surface area contributed by atoms with Crippen molar-refractivity contribution in [3.63, 3.8) is 0 Å². The third kappa shape index (κ3) is 4.50. The van der Waals surface area contributed by atoms with Gasteiger partial charge in [0.2, 0.25) is 0 Å². The molecule has 1 aliphatic carbocycles. The second-order valence-corrected chi connectivity index (χ2v) is 6.86. The molecule has 2 aromatic carbocycles. The second-order valence-electron chi connectivity index (χ2n) is 6.86. The van der Waals surface area contributed by atoms with Crippen molar-refractivity contribution < 1.29 is 9.72 Å². The SMILES string of the molecule is CN(C)c1ccc(/C=C2\CCC/C(=C\c3cccc([N+](=O)[O-])c3)C2=O)cc1. The number of hydrogen-bond donors (Lipinski definition) is 0. The number of nitro groups is 1. The first kappa shape index (κ1) is 18.6. The van der Waals surface area contributed by atoms with Crippen molar-refractivity contribution in [2.75, 3.05) is 19.0 Å². The Kier molecular flexibility index (Phi) is 5.50. The number of rotatable bonds is 4. The fraction of sp³-hybridized carbons (Fsp3) is 0.227. The molecule has 27 heavy (non-hydrogen) atoms. The van der Waals surface area contributed by atoms with Gasteiger partial charge in [-0.2, -0.15) is 0 Å². The number of benzene rings is 2. The Hall–Kier alpha value is -3.21. The van der Waals surface area contributed by atoms with Crippen LogP contribution in [0.25, 0.3) is 12.2 Å². The highest BCUT2D eigenvalue weighted by Gasteiger charge is 2.20. The Morgan fingerprint density at radius 1 is 0.963 bits per heavy atom. The van der Waals surface area contributed by atoms with Crippen molar-refractivity contribution in [1.29, 1.82) is 0 Å². The first-order chi connectivity index (χ1) is 12.9. The van der Waals surface area contributed by atoms with E-state index in [1.54, 1.807) is 18.2 Å². The van der Waals surface area contributed by atoms with Crippen molar-refractivity contribution in [1.82, 2.24) is 0 Å². The molecule has 1 aliphatic rings. The topological polar surface area (TPSA) is 63.4 Å². The highest BCUT2D eigenvalue weighted by atomic mass is 16.6. The van der Waals surface area contributed by atoms with Gasteiger partial charge in [-0.05, 0) is 54.7 Å². The number of hydrogen-bond acceptors (Lipinski definition) is 4. The summed E-state index contributed by atoms with van der Waals surface area (Å²) < 4.78 is 0. The zero-order chi connectivity index (χ0) is 19.4. The minimum Gasteiger partial charge on any atom is -0.378 e. The summed E-state index contributed by atoms with van der Waals surface area (Å²) >= 11 is 0. The molecule has 0 atom stereocenters. The van der Waals surface area contributed by atoms with E-state index in [9.17, 15) is 14.9 Å². The number of anilines is 1. The smallest absolute Gasteiger partial charge is 0.270 e. The van der Waals surface area contributed by atoms with E-state index in [0.717, 1.165) is 29.7 Å². The maximum atomic E-state index is 12.8. The van der Waals surface area contributed by atoms with E-state index < -0.39 is 4.92 Å². The molecule has 5 heteroatoms. The van der Waals surface area contributed by atoms with Gasteiger partial charge in [-0.15, -0.1) is 0 Å². The maximum absolute atomic E-state index is 12.8. The lowest BCUT2D eigenvalue weighted by Crippen LogP contribution is -2.12. The first-order valence-electron chi connectivity index (χ1n) is 8.92. The van der Waals surface area contributed by atoms with E-state index in [2.05, 4.69) is 0 Å². The number of carbonyl (C=O) groups is 1. The van der Waals surface area contributed by atoms with Crippen LogP contribution in [0.3, 0.4) is 0 Å². The predicted molar refractivity (Wildman–Crippen MR) is 109 cm³/mol. The number of non-ortho nitro benzene ring substituents is 1. The molecule has 0 bridgehead atoms. The highest BCUT2D eigenvalue weighted by molar-refractivity contribution is 6.14. The molecule has 1 fully saturated rings. The molecule has 0 aliphatic heterocycles. The van der Waals surface area contributed by atoms with Crippen LogP contribution in [0.4, 0.5) is 11.4 Å². The lowest BCUT2D eigenvalue weighted by atomic mass is 9.87. The number of ketones is 1. The minimum absolute atomic E-state index is 0.0318. The zero-order valence-electron chi connectivity index (χ0n) is 15.5. The quantitative estimate of drug-likeness (QED) is 0.442. The molecule has 0 aromatic heterocycles. The second kappa shape index (κ2) is 7.99. The molecule has 0 spiro atoms. The van der Waals surface area contributed by atoms with E-state index in [0.29, 0.717) is 17.6 Å². The van der Waals surface area contributed by atoms with Gasteiger partial charge in [-0.25, -0.2) is 0 Å². The Balaban J connectivity index is 1.85. The average Bonchev–Trinajstić information content (AvgIpc) is 2.65. The molecule has 0 heterocycles. The Bertz CT molecular complexity index is 925. The van der Waals surface area contributed by atoms with Gasteiger partial charge in [0, 0.05) is 43.1 Å². The highest BCUT2D eigenvalue weighted by Crippen LogP contribution is 2.29. The average molecular weight is 362 g/mol. The summed E-state index contributed by atoms with van der Waals surface area (Å²) in [5, 5.41) is 10.9. The van der Waals surface area contributed by atoms with E-state index in [1.807, 2.05) is 49.3 Å². The van der Waals surface area contributed by atoms with Crippen LogP contribution in [0, 0.1) is 10.1 Å². The zero-order valence-corrected chi connectivity index (χ0v) is 15.5. The van der Waals surface area contributed by atoms with Gasteiger partial charge in [-0.1, -0.05) is 24.3 Å². The van der Waals surface area contributed by atoms with Gasteiger partial charge >= 0.3 is 0 Å². The maximum Gasteiger partial charge on any atom is 0.270 e. The van der Waals surface area contributed by atoms with E-state index in [4.69, 9.17) is 0 Å². The van der Waals surface area contributed by atoms with Crippen molar-refractivity contribution >= 4 is 29.3 Å². The molecule has 5 nitrogen and oxygen atoms in total. The van der Waals surface area contributed by atoms with Crippen LogP contribution in [-0.4, -0.2) is 24.8 Å².